The van der Waals surface area contributed by atoms with Crippen molar-refractivity contribution in [1.29, 1.82) is 0 Å². The lowest BCUT2D eigenvalue weighted by atomic mass is 10.0. The third-order valence-corrected chi connectivity index (χ3v) is 7.54. The lowest BCUT2D eigenvalue weighted by Gasteiger charge is -2.28. The van der Waals surface area contributed by atoms with Gasteiger partial charge >= 0.3 is 12.2 Å². The number of nitrogens with one attached hydrogen (secondary N) is 3. The SMILES string of the molecule is CC(C)(C)OC(=O)N(C(=O)OC(C)(C)C)c1nccc2cc(NC3C(=O)NCc4cccc(c4)NC(=O)CCCc4ccc3cc4)ccc12. The molecule has 6 rings (SSSR count). The Morgan fingerprint density at radius 3 is 2.20 bits per heavy atom. The molecular weight excluding hydrogens is 622 g/mol. The van der Waals surface area contributed by atoms with E-state index in [0.29, 0.717) is 35.0 Å². The first-order chi connectivity index (χ1) is 23.1. The highest BCUT2D eigenvalue weighted by molar-refractivity contribution is 6.14. The van der Waals surface area contributed by atoms with Gasteiger partial charge in [0.2, 0.25) is 11.8 Å². The van der Waals surface area contributed by atoms with Gasteiger partial charge in [0.05, 0.1) is 0 Å². The molecule has 49 heavy (non-hydrogen) atoms. The molecule has 4 amide bonds. The van der Waals surface area contributed by atoms with Gasteiger partial charge in [0.15, 0.2) is 5.82 Å². The summed E-state index contributed by atoms with van der Waals surface area (Å²) in [5.41, 5.74) is 2.24. The van der Waals surface area contributed by atoms with Crippen LogP contribution in [-0.2, 0) is 32.0 Å². The van der Waals surface area contributed by atoms with Gasteiger partial charge in [-0.3, -0.25) is 9.59 Å². The fourth-order valence-corrected chi connectivity index (χ4v) is 5.36. The topological polar surface area (TPSA) is 139 Å². The fourth-order valence-electron chi connectivity index (χ4n) is 5.36. The van der Waals surface area contributed by atoms with Gasteiger partial charge < -0.3 is 25.4 Å². The fraction of sp³-hybridized carbons (Fsp3) is 0.342. The van der Waals surface area contributed by atoms with Crippen LogP contribution in [0.1, 0.15) is 77.1 Å². The number of rotatable bonds is 3. The minimum absolute atomic E-state index is 0.0464. The number of hydrogen-bond acceptors (Lipinski definition) is 8. The zero-order chi connectivity index (χ0) is 35.3. The number of ether oxygens (including phenoxy) is 2. The summed E-state index contributed by atoms with van der Waals surface area (Å²) < 4.78 is 11.1. The van der Waals surface area contributed by atoms with Gasteiger partial charge in [-0.05, 0) is 113 Å². The van der Waals surface area contributed by atoms with Crippen LogP contribution in [0.3, 0.4) is 0 Å². The molecule has 0 saturated carbocycles. The highest BCUT2D eigenvalue weighted by Gasteiger charge is 2.34. The molecule has 256 valence electrons. The van der Waals surface area contributed by atoms with Gasteiger partial charge in [-0.1, -0.05) is 36.4 Å². The first kappa shape index (κ1) is 34.9. The molecule has 3 N–H and O–H groups in total. The molecule has 2 aliphatic rings. The summed E-state index contributed by atoms with van der Waals surface area (Å²) in [5.74, 6) is -0.232. The highest BCUT2D eigenvalue weighted by Crippen LogP contribution is 2.31. The first-order valence-electron chi connectivity index (χ1n) is 16.3. The molecular formula is C38H43N5O6. The molecule has 3 heterocycles. The molecule has 0 saturated heterocycles. The van der Waals surface area contributed by atoms with Crippen molar-refractivity contribution in [3.8, 4) is 0 Å². The predicted molar refractivity (Wildman–Crippen MR) is 189 cm³/mol. The van der Waals surface area contributed by atoms with Crippen molar-refractivity contribution in [2.24, 2.45) is 0 Å². The molecule has 2 aliphatic heterocycles. The van der Waals surface area contributed by atoms with Crippen molar-refractivity contribution in [3.05, 3.63) is 95.7 Å². The molecule has 4 aromatic rings. The van der Waals surface area contributed by atoms with E-state index in [1.165, 1.54) is 6.20 Å². The van der Waals surface area contributed by atoms with Crippen LogP contribution in [0.5, 0.6) is 0 Å². The number of imide groups is 1. The minimum Gasteiger partial charge on any atom is -0.443 e. The van der Waals surface area contributed by atoms with Crippen molar-refractivity contribution in [2.75, 3.05) is 15.5 Å². The number of aromatic nitrogens is 1. The second kappa shape index (κ2) is 14.3. The molecule has 1 aromatic heterocycles. The Morgan fingerprint density at radius 2 is 1.53 bits per heavy atom. The largest absolute Gasteiger partial charge is 0.443 e. The third kappa shape index (κ3) is 9.34. The normalized spacial score (nSPS) is 15.6. The number of anilines is 3. The molecule has 11 heteroatoms. The number of hydrogen-bond donors (Lipinski definition) is 3. The standard InChI is InChI=1S/C38H43N5O6/c1-37(2,3)48-35(46)43(36(47)49-38(4,5)6)33-30-18-17-29(22-27(30)19-20-39-33)42-32-26-15-13-24(14-16-26)9-8-12-31(44)41-28-11-7-10-25(21-28)23-40-34(32)45/h7,10-11,13-22,32,42H,8-9,12,23H2,1-6H3,(H,40,45)(H,41,44). The summed E-state index contributed by atoms with van der Waals surface area (Å²) >= 11 is 0. The quantitative estimate of drug-likeness (QED) is 0.203. The average Bonchev–Trinajstić information content (AvgIpc) is 3.01. The number of aryl methyl sites for hydroxylation is 1. The summed E-state index contributed by atoms with van der Waals surface area (Å²) in [7, 11) is 0. The van der Waals surface area contributed by atoms with Crippen LogP contribution in [0, 0.1) is 0 Å². The molecule has 0 radical (unpaired) electrons. The number of carbonyl (C=O) groups is 4. The minimum atomic E-state index is -0.914. The van der Waals surface area contributed by atoms with Crippen LogP contribution in [-0.4, -0.2) is 40.2 Å². The van der Waals surface area contributed by atoms with E-state index < -0.39 is 29.4 Å². The van der Waals surface area contributed by atoms with E-state index >= 15 is 0 Å². The first-order valence-corrected chi connectivity index (χ1v) is 16.3. The van der Waals surface area contributed by atoms with E-state index in [-0.39, 0.29) is 24.2 Å². The summed E-state index contributed by atoms with van der Waals surface area (Å²) in [5, 5.41) is 10.5. The Kier molecular flexibility index (Phi) is 10.2. The van der Waals surface area contributed by atoms with Crippen LogP contribution in [0.25, 0.3) is 10.8 Å². The van der Waals surface area contributed by atoms with E-state index in [2.05, 4.69) is 20.9 Å². The molecule has 3 aromatic carbocycles. The van der Waals surface area contributed by atoms with Gasteiger partial charge in [0, 0.05) is 35.9 Å². The van der Waals surface area contributed by atoms with Gasteiger partial charge in [-0.2, -0.15) is 4.90 Å². The molecule has 0 spiro atoms. The van der Waals surface area contributed by atoms with Crippen molar-refractivity contribution in [3.63, 3.8) is 0 Å². The van der Waals surface area contributed by atoms with Gasteiger partial charge in [-0.15, -0.1) is 0 Å². The summed E-state index contributed by atoms with van der Waals surface area (Å²) in [6, 6.07) is 21.5. The van der Waals surface area contributed by atoms with E-state index in [9.17, 15) is 19.2 Å². The zero-order valence-corrected chi connectivity index (χ0v) is 28.8. The van der Waals surface area contributed by atoms with E-state index in [4.69, 9.17) is 9.47 Å². The summed E-state index contributed by atoms with van der Waals surface area (Å²) in [6.07, 6.45) is 1.49. The zero-order valence-electron chi connectivity index (χ0n) is 28.8. The second-order valence-corrected chi connectivity index (χ2v) is 14.0. The molecule has 1 unspecified atom stereocenters. The maximum atomic E-state index is 13.8. The average molecular weight is 666 g/mol. The number of pyridine rings is 1. The van der Waals surface area contributed by atoms with Crippen molar-refractivity contribution < 1.29 is 28.7 Å². The van der Waals surface area contributed by atoms with Crippen LogP contribution < -0.4 is 20.9 Å². The van der Waals surface area contributed by atoms with E-state index in [0.717, 1.165) is 28.0 Å². The van der Waals surface area contributed by atoms with Crippen LogP contribution in [0.4, 0.5) is 26.8 Å². The van der Waals surface area contributed by atoms with Gasteiger partial charge in [-0.25, -0.2) is 14.6 Å². The van der Waals surface area contributed by atoms with Crippen molar-refractivity contribution in [2.45, 2.75) is 84.6 Å². The lowest BCUT2D eigenvalue weighted by molar-refractivity contribution is -0.122. The molecule has 4 bridgehead atoms. The second-order valence-electron chi connectivity index (χ2n) is 14.0. The van der Waals surface area contributed by atoms with Gasteiger partial charge in [0.25, 0.3) is 0 Å². The predicted octanol–water partition coefficient (Wildman–Crippen LogP) is 7.66. The molecule has 11 nitrogen and oxygen atoms in total. The monoisotopic (exact) mass is 665 g/mol. The Labute approximate surface area is 286 Å². The number of benzene rings is 3. The Morgan fingerprint density at radius 1 is 0.837 bits per heavy atom. The lowest BCUT2D eigenvalue weighted by Crippen LogP contribution is -2.44. The van der Waals surface area contributed by atoms with Crippen molar-refractivity contribution in [1.82, 2.24) is 10.3 Å². The smallest absolute Gasteiger partial charge is 0.425 e. The number of fused-ring (bicyclic) bond motifs is 10. The van der Waals surface area contributed by atoms with Crippen LogP contribution in [0.2, 0.25) is 0 Å². The molecule has 0 aliphatic carbocycles. The van der Waals surface area contributed by atoms with Gasteiger partial charge in [0.1, 0.15) is 17.2 Å². The number of carbonyl (C=O) groups excluding carboxylic acids is 4. The van der Waals surface area contributed by atoms with Crippen LogP contribution >= 0.6 is 0 Å². The molecule has 0 fully saturated rings. The summed E-state index contributed by atoms with van der Waals surface area (Å²) in [6.45, 7) is 10.5. The highest BCUT2D eigenvalue weighted by atomic mass is 16.6. The Bertz CT molecular complexity index is 1830. The Hall–Kier alpha value is -5.45. The summed E-state index contributed by atoms with van der Waals surface area (Å²) in [4.78, 5) is 58.1. The van der Waals surface area contributed by atoms with Crippen LogP contribution in [0.15, 0.2) is 79.0 Å². The number of nitrogens with zero attached hydrogens (tertiary/aromatic N) is 2. The third-order valence-electron chi connectivity index (χ3n) is 7.54. The Balaban J connectivity index is 1.47. The molecule has 1 atom stereocenters. The number of amides is 4. The van der Waals surface area contributed by atoms with E-state index in [1.807, 2.05) is 54.6 Å². The maximum absolute atomic E-state index is 13.8. The maximum Gasteiger partial charge on any atom is 0.425 e. The van der Waals surface area contributed by atoms with E-state index in [1.54, 1.807) is 59.7 Å². The van der Waals surface area contributed by atoms with Crippen molar-refractivity contribution >= 4 is 52.0 Å².